The van der Waals surface area contributed by atoms with E-state index in [4.69, 9.17) is 9.47 Å². The molecule has 0 aromatic heterocycles. The van der Waals surface area contributed by atoms with Crippen LogP contribution < -0.4 is 5.32 Å². The molecule has 5 unspecified atom stereocenters. The molecule has 1 N–H and O–H groups in total. The van der Waals surface area contributed by atoms with E-state index in [0.717, 1.165) is 0 Å². The van der Waals surface area contributed by atoms with Crippen LogP contribution in [0.5, 0.6) is 0 Å². The van der Waals surface area contributed by atoms with E-state index in [1.807, 2.05) is 33.8 Å². The number of benzene rings is 1. The van der Waals surface area contributed by atoms with Crippen molar-refractivity contribution in [3.8, 4) is 0 Å². The second-order valence-corrected chi connectivity index (χ2v) is 7.78. The number of carbonyl (C=O) groups is 3. The van der Waals surface area contributed by atoms with Gasteiger partial charge in [-0.2, -0.15) is 0 Å². The summed E-state index contributed by atoms with van der Waals surface area (Å²) in [6, 6.07) is 7.87. The van der Waals surface area contributed by atoms with Crippen LogP contribution in [0.2, 0.25) is 0 Å². The van der Waals surface area contributed by atoms with Crippen LogP contribution in [0.15, 0.2) is 30.3 Å². The lowest BCUT2D eigenvalue weighted by Gasteiger charge is -2.36. The van der Waals surface area contributed by atoms with Crippen molar-refractivity contribution in [1.29, 1.82) is 0 Å². The Labute approximate surface area is 172 Å². The molecule has 1 aliphatic heterocycles. The van der Waals surface area contributed by atoms with Gasteiger partial charge >= 0.3 is 5.97 Å². The number of hydrogen-bond acceptors (Lipinski definition) is 5. The van der Waals surface area contributed by atoms with Crippen LogP contribution in [0.4, 0.5) is 0 Å². The summed E-state index contributed by atoms with van der Waals surface area (Å²) < 4.78 is 11.1. The minimum absolute atomic E-state index is 0.0661. The van der Waals surface area contributed by atoms with Crippen LogP contribution in [0.3, 0.4) is 0 Å². The first-order valence-electron chi connectivity index (χ1n) is 10.2. The summed E-state index contributed by atoms with van der Waals surface area (Å²) in [6.45, 7) is 10.1. The Kier molecular flexibility index (Phi) is 8.20. The van der Waals surface area contributed by atoms with Crippen molar-refractivity contribution < 1.29 is 23.9 Å². The third kappa shape index (κ3) is 6.29. The highest BCUT2D eigenvalue weighted by Gasteiger charge is 2.34. The van der Waals surface area contributed by atoms with E-state index in [-0.39, 0.29) is 29.9 Å². The van der Waals surface area contributed by atoms with Gasteiger partial charge in [0.2, 0.25) is 0 Å². The van der Waals surface area contributed by atoms with Gasteiger partial charge < -0.3 is 19.7 Å². The van der Waals surface area contributed by atoms with Gasteiger partial charge in [0.1, 0.15) is 6.04 Å². The number of morpholine rings is 1. The zero-order chi connectivity index (χ0) is 21.6. The van der Waals surface area contributed by atoms with E-state index >= 15 is 0 Å². The number of rotatable bonds is 7. The maximum atomic E-state index is 12.8. The Morgan fingerprint density at radius 2 is 1.72 bits per heavy atom. The van der Waals surface area contributed by atoms with Gasteiger partial charge in [0.15, 0.2) is 6.10 Å². The summed E-state index contributed by atoms with van der Waals surface area (Å²) >= 11 is 0. The smallest absolute Gasteiger partial charge is 0.329 e. The van der Waals surface area contributed by atoms with Crippen molar-refractivity contribution in [3.63, 3.8) is 0 Å². The molecule has 1 heterocycles. The quantitative estimate of drug-likeness (QED) is 0.706. The van der Waals surface area contributed by atoms with Crippen molar-refractivity contribution in [2.24, 2.45) is 5.92 Å². The molecule has 0 saturated carbocycles. The predicted molar refractivity (Wildman–Crippen MR) is 109 cm³/mol. The molecule has 2 rings (SSSR count). The Bertz CT molecular complexity index is 698. The molecule has 2 amide bonds. The van der Waals surface area contributed by atoms with E-state index in [0.29, 0.717) is 25.1 Å². The van der Waals surface area contributed by atoms with Gasteiger partial charge in [-0.25, -0.2) is 4.79 Å². The highest BCUT2D eigenvalue weighted by atomic mass is 16.5. The Balaban J connectivity index is 2.03. The van der Waals surface area contributed by atoms with E-state index in [1.54, 1.807) is 36.1 Å². The number of amides is 2. The maximum absolute atomic E-state index is 12.8. The fourth-order valence-electron chi connectivity index (χ4n) is 3.40. The number of hydrogen-bond donors (Lipinski definition) is 1. The Morgan fingerprint density at radius 1 is 1.14 bits per heavy atom. The molecule has 1 aliphatic rings. The molecule has 1 fully saturated rings. The van der Waals surface area contributed by atoms with Gasteiger partial charge in [0.05, 0.1) is 12.2 Å². The van der Waals surface area contributed by atoms with E-state index in [9.17, 15) is 14.4 Å². The minimum Gasteiger partial charge on any atom is -0.451 e. The fraction of sp³-hybridized carbons (Fsp3) is 0.591. The lowest BCUT2D eigenvalue weighted by atomic mass is 9.98. The normalized spacial score (nSPS) is 22.3. The number of esters is 1. The maximum Gasteiger partial charge on any atom is 0.329 e. The number of carbonyl (C=O) groups excluding carboxylic acids is 3. The van der Waals surface area contributed by atoms with Gasteiger partial charge in [-0.05, 0) is 38.8 Å². The second-order valence-electron chi connectivity index (χ2n) is 7.78. The minimum atomic E-state index is -0.930. The molecule has 1 aromatic rings. The molecule has 0 spiro atoms. The predicted octanol–water partition coefficient (Wildman–Crippen LogP) is 2.40. The van der Waals surface area contributed by atoms with Crippen molar-refractivity contribution in [2.45, 2.75) is 65.4 Å². The van der Waals surface area contributed by atoms with Gasteiger partial charge in [0.25, 0.3) is 11.8 Å². The molecular weight excluding hydrogens is 372 g/mol. The molecule has 5 atom stereocenters. The first-order valence-corrected chi connectivity index (χ1v) is 10.2. The number of nitrogens with one attached hydrogen (secondary N) is 1. The topological polar surface area (TPSA) is 84.9 Å². The Hall–Kier alpha value is -2.41. The third-order valence-electron chi connectivity index (χ3n) is 5.16. The molecule has 1 saturated heterocycles. The average molecular weight is 405 g/mol. The standard InChI is InChI=1S/C22H32N2O5/c1-6-14(2)19(23-20(25)18-10-8-7-9-11-18)22(27)29-17(5)21(26)24-12-15(3)28-16(4)13-24/h7-11,14-17,19H,6,12-13H2,1-5H3,(H,23,25). The largest absolute Gasteiger partial charge is 0.451 e. The Morgan fingerprint density at radius 3 is 2.28 bits per heavy atom. The summed E-state index contributed by atoms with van der Waals surface area (Å²) in [5, 5.41) is 2.76. The first kappa shape index (κ1) is 22.9. The van der Waals surface area contributed by atoms with Crippen LogP contribution in [0, 0.1) is 5.92 Å². The molecule has 7 heteroatoms. The number of ether oxygens (including phenoxy) is 2. The molecule has 0 bridgehead atoms. The van der Waals surface area contributed by atoms with Crippen LogP contribution in [-0.2, 0) is 19.1 Å². The van der Waals surface area contributed by atoms with Crippen LogP contribution in [0.1, 0.15) is 51.4 Å². The van der Waals surface area contributed by atoms with Crippen molar-refractivity contribution in [2.75, 3.05) is 13.1 Å². The van der Waals surface area contributed by atoms with Crippen LogP contribution in [-0.4, -0.2) is 60.1 Å². The molecule has 0 radical (unpaired) electrons. The molecule has 0 aliphatic carbocycles. The van der Waals surface area contributed by atoms with Crippen molar-refractivity contribution in [1.82, 2.24) is 10.2 Å². The summed E-state index contributed by atoms with van der Waals surface area (Å²) in [4.78, 5) is 39.7. The summed E-state index contributed by atoms with van der Waals surface area (Å²) in [6.07, 6.45) is -0.386. The van der Waals surface area contributed by atoms with E-state index in [1.165, 1.54) is 0 Å². The number of nitrogens with zero attached hydrogens (tertiary/aromatic N) is 1. The monoisotopic (exact) mass is 404 g/mol. The molecular formula is C22H32N2O5. The third-order valence-corrected chi connectivity index (χ3v) is 5.16. The molecule has 160 valence electrons. The van der Waals surface area contributed by atoms with Crippen molar-refractivity contribution in [3.05, 3.63) is 35.9 Å². The van der Waals surface area contributed by atoms with Gasteiger partial charge in [-0.1, -0.05) is 38.5 Å². The van der Waals surface area contributed by atoms with Crippen LogP contribution in [0.25, 0.3) is 0 Å². The summed E-state index contributed by atoms with van der Waals surface area (Å²) in [5.41, 5.74) is 0.467. The highest BCUT2D eigenvalue weighted by Crippen LogP contribution is 2.15. The second kappa shape index (κ2) is 10.4. The van der Waals surface area contributed by atoms with Gasteiger partial charge in [0, 0.05) is 18.7 Å². The van der Waals surface area contributed by atoms with E-state index in [2.05, 4.69) is 5.32 Å². The fourth-order valence-corrected chi connectivity index (χ4v) is 3.40. The lowest BCUT2D eigenvalue weighted by Crippen LogP contribution is -2.53. The summed E-state index contributed by atoms with van der Waals surface area (Å²) in [5.74, 6) is -1.33. The van der Waals surface area contributed by atoms with Gasteiger partial charge in [-0.15, -0.1) is 0 Å². The zero-order valence-electron chi connectivity index (χ0n) is 17.9. The summed E-state index contributed by atoms with van der Waals surface area (Å²) in [7, 11) is 0. The van der Waals surface area contributed by atoms with Crippen molar-refractivity contribution >= 4 is 17.8 Å². The average Bonchev–Trinajstić information content (AvgIpc) is 2.70. The zero-order valence-corrected chi connectivity index (χ0v) is 17.9. The molecule has 1 aromatic carbocycles. The van der Waals surface area contributed by atoms with E-state index < -0.39 is 18.1 Å². The lowest BCUT2D eigenvalue weighted by molar-refractivity contribution is -0.166. The molecule has 7 nitrogen and oxygen atoms in total. The van der Waals surface area contributed by atoms with Gasteiger partial charge in [-0.3, -0.25) is 9.59 Å². The SMILES string of the molecule is CCC(C)C(NC(=O)c1ccccc1)C(=O)OC(C)C(=O)N1CC(C)OC(C)C1. The highest BCUT2D eigenvalue weighted by molar-refractivity contribution is 5.97. The molecule has 29 heavy (non-hydrogen) atoms. The first-order chi connectivity index (χ1) is 13.7. The van der Waals surface area contributed by atoms with Crippen LogP contribution >= 0.6 is 0 Å².